The highest BCUT2D eigenvalue weighted by Crippen LogP contribution is 2.53. The average Bonchev–Trinajstić information content (AvgIpc) is 3.79. The van der Waals surface area contributed by atoms with Crippen LogP contribution in [0.5, 0.6) is 0 Å². The molecule has 4 aromatic rings. The fraction of sp³-hybridized carbons (Fsp3) is 0.296. The summed E-state index contributed by atoms with van der Waals surface area (Å²) in [5.41, 5.74) is 3.75. The van der Waals surface area contributed by atoms with Crippen LogP contribution in [0.1, 0.15) is 42.5 Å². The van der Waals surface area contributed by atoms with Crippen LogP contribution < -0.4 is 5.32 Å². The third-order valence-electron chi connectivity index (χ3n) is 7.04. The highest BCUT2D eigenvalue weighted by atomic mass is 32.1. The molecule has 0 amide bonds. The van der Waals surface area contributed by atoms with E-state index in [4.69, 9.17) is 9.72 Å². The first-order valence-corrected chi connectivity index (χ1v) is 12.3. The van der Waals surface area contributed by atoms with Crippen LogP contribution in [0.25, 0.3) is 20.9 Å². The van der Waals surface area contributed by atoms with Crippen LogP contribution in [0.3, 0.4) is 0 Å². The molecule has 0 unspecified atom stereocenters. The van der Waals surface area contributed by atoms with Gasteiger partial charge in [0.2, 0.25) is 0 Å². The summed E-state index contributed by atoms with van der Waals surface area (Å²) in [5, 5.41) is 3.84. The van der Waals surface area contributed by atoms with E-state index in [-0.39, 0.29) is 17.2 Å². The number of rotatable bonds is 7. The van der Waals surface area contributed by atoms with Gasteiger partial charge < -0.3 is 4.74 Å². The third kappa shape index (κ3) is 3.60. The van der Waals surface area contributed by atoms with Crippen LogP contribution in [0.15, 0.2) is 60.7 Å². The van der Waals surface area contributed by atoms with E-state index in [1.807, 2.05) is 18.2 Å². The second-order valence-corrected chi connectivity index (χ2v) is 10.2. The number of esters is 1. The summed E-state index contributed by atoms with van der Waals surface area (Å²) in [6.07, 6.45) is 3.66. The fourth-order valence-corrected chi connectivity index (χ4v) is 5.63. The van der Waals surface area contributed by atoms with Crippen LogP contribution >= 0.6 is 11.3 Å². The normalized spacial score (nSPS) is 17.5. The minimum Gasteiger partial charge on any atom is -0.468 e. The molecule has 34 heavy (non-hydrogen) atoms. The molecule has 2 heterocycles. The van der Waals surface area contributed by atoms with Crippen molar-refractivity contribution in [3.63, 3.8) is 0 Å². The Labute approximate surface area is 201 Å². The number of halogens is 1. The molecule has 2 fully saturated rings. The van der Waals surface area contributed by atoms with Gasteiger partial charge in [-0.25, -0.2) is 14.4 Å². The number of hydrogen-bond acceptors (Lipinski definition) is 6. The van der Waals surface area contributed by atoms with Gasteiger partial charge in [-0.15, -0.1) is 0 Å². The number of fused-ring (bicyclic) bond motifs is 1. The van der Waals surface area contributed by atoms with Crippen LogP contribution in [0.2, 0.25) is 0 Å². The number of nitrogens with zero attached hydrogens (tertiary/aromatic N) is 2. The van der Waals surface area contributed by atoms with E-state index < -0.39 is 5.54 Å². The van der Waals surface area contributed by atoms with E-state index in [1.165, 1.54) is 30.1 Å². The molecule has 6 rings (SSSR count). The summed E-state index contributed by atoms with van der Waals surface area (Å²) in [4.78, 5) is 22.3. The first-order chi connectivity index (χ1) is 16.5. The molecule has 2 aliphatic rings. The van der Waals surface area contributed by atoms with Gasteiger partial charge in [-0.05, 0) is 61.1 Å². The van der Waals surface area contributed by atoms with Crippen molar-refractivity contribution in [2.24, 2.45) is 0 Å². The summed E-state index contributed by atoms with van der Waals surface area (Å²) in [6.45, 7) is 0.401. The van der Waals surface area contributed by atoms with E-state index in [0.717, 1.165) is 47.3 Å². The molecule has 2 aromatic carbocycles. The predicted octanol–water partition coefficient (Wildman–Crippen LogP) is 5.37. The Morgan fingerprint density at radius 2 is 1.85 bits per heavy atom. The molecular formula is C27H24FN3O2S. The van der Waals surface area contributed by atoms with E-state index >= 15 is 4.39 Å². The number of nitrogens with one attached hydrogen (secondary N) is 1. The topological polar surface area (TPSA) is 64.1 Å². The van der Waals surface area contributed by atoms with Gasteiger partial charge in [-0.1, -0.05) is 47.7 Å². The zero-order valence-corrected chi connectivity index (χ0v) is 19.6. The maximum atomic E-state index is 15.1. The summed E-state index contributed by atoms with van der Waals surface area (Å²) < 4.78 is 19.9. The molecule has 2 aliphatic carbocycles. The molecule has 0 spiro atoms. The summed E-state index contributed by atoms with van der Waals surface area (Å²) >= 11 is 1.42. The van der Waals surface area contributed by atoms with E-state index in [2.05, 4.69) is 40.6 Å². The van der Waals surface area contributed by atoms with Crippen molar-refractivity contribution in [3.8, 4) is 10.6 Å². The first-order valence-electron chi connectivity index (χ1n) is 11.5. The Morgan fingerprint density at radius 3 is 2.53 bits per heavy atom. The molecule has 0 saturated heterocycles. The maximum absolute atomic E-state index is 15.1. The van der Waals surface area contributed by atoms with Crippen molar-refractivity contribution in [1.82, 2.24) is 15.3 Å². The molecule has 172 valence electrons. The molecule has 5 nitrogen and oxygen atoms in total. The lowest BCUT2D eigenvalue weighted by Gasteiger charge is -2.15. The monoisotopic (exact) mass is 473 g/mol. The van der Waals surface area contributed by atoms with Crippen LogP contribution in [0.4, 0.5) is 4.39 Å². The first kappa shape index (κ1) is 21.4. The molecular weight excluding hydrogens is 449 g/mol. The molecule has 2 aromatic heterocycles. The summed E-state index contributed by atoms with van der Waals surface area (Å²) in [5.74, 6) is -0.587. The van der Waals surface area contributed by atoms with Crippen molar-refractivity contribution < 1.29 is 13.9 Å². The largest absolute Gasteiger partial charge is 0.468 e. The number of thiazole rings is 1. The molecule has 1 N–H and O–H groups in total. The van der Waals surface area contributed by atoms with E-state index in [0.29, 0.717) is 17.1 Å². The minimum absolute atomic E-state index is 0.0113. The van der Waals surface area contributed by atoms with E-state index in [9.17, 15) is 4.79 Å². The summed E-state index contributed by atoms with van der Waals surface area (Å²) in [7, 11) is 1.39. The van der Waals surface area contributed by atoms with Crippen molar-refractivity contribution >= 4 is 27.7 Å². The van der Waals surface area contributed by atoms with Crippen molar-refractivity contribution in [2.45, 2.75) is 43.2 Å². The zero-order valence-electron chi connectivity index (χ0n) is 18.8. The number of benzene rings is 2. The number of aromatic nitrogens is 2. The Hall–Kier alpha value is -3.16. The van der Waals surface area contributed by atoms with Gasteiger partial charge in [-0.3, -0.25) is 10.1 Å². The second-order valence-electron chi connectivity index (χ2n) is 9.23. The number of hydrogen-bond donors (Lipinski definition) is 1. The highest BCUT2D eigenvalue weighted by Gasteiger charge is 2.50. The quantitative estimate of drug-likeness (QED) is 0.366. The van der Waals surface area contributed by atoms with Crippen LogP contribution in [-0.4, -0.2) is 28.6 Å². The van der Waals surface area contributed by atoms with Crippen LogP contribution in [0, 0.1) is 5.82 Å². The maximum Gasteiger partial charge on any atom is 0.326 e. The molecule has 0 radical (unpaired) electrons. The molecule has 0 aliphatic heterocycles. The lowest BCUT2D eigenvalue weighted by Crippen LogP contribution is -2.39. The van der Waals surface area contributed by atoms with Gasteiger partial charge in [-0.2, -0.15) is 0 Å². The van der Waals surface area contributed by atoms with Gasteiger partial charge in [0.1, 0.15) is 26.7 Å². The standard InChI is InChI=1S/C27H24FN3O2S/c1-33-25(32)27(13-14-27)29-16-17-7-8-19(20(28)15-17)23-30-21-9-10-22(31-24(21)34-23)26(11-12-26)18-5-3-2-4-6-18/h2-10,15,29H,11-14,16H2,1H3. The number of ether oxygens (including phenoxy) is 1. The number of carbonyl (C=O) groups excluding carboxylic acids is 1. The smallest absolute Gasteiger partial charge is 0.326 e. The number of carbonyl (C=O) groups is 1. The third-order valence-corrected chi connectivity index (χ3v) is 8.04. The Morgan fingerprint density at radius 1 is 1.06 bits per heavy atom. The van der Waals surface area contributed by atoms with Gasteiger partial charge in [0.15, 0.2) is 0 Å². The van der Waals surface area contributed by atoms with Gasteiger partial charge in [0.25, 0.3) is 0 Å². The Balaban J connectivity index is 1.25. The van der Waals surface area contributed by atoms with Crippen molar-refractivity contribution in [2.75, 3.05) is 7.11 Å². The summed E-state index contributed by atoms with van der Waals surface area (Å²) in [6, 6.07) is 19.7. The lowest BCUT2D eigenvalue weighted by molar-refractivity contribution is -0.144. The SMILES string of the molecule is COC(=O)C1(NCc2ccc(-c3nc4ccc(C5(c6ccccc6)CC5)nc4s3)c(F)c2)CC1. The Kier molecular flexibility index (Phi) is 5.00. The second kappa shape index (κ2) is 7.96. The van der Waals surface area contributed by atoms with Gasteiger partial charge >= 0.3 is 5.97 Å². The minimum atomic E-state index is -0.612. The van der Waals surface area contributed by atoms with Crippen molar-refractivity contribution in [1.29, 1.82) is 0 Å². The van der Waals surface area contributed by atoms with Crippen LogP contribution in [-0.2, 0) is 21.5 Å². The molecule has 0 atom stereocenters. The van der Waals surface area contributed by atoms with E-state index in [1.54, 1.807) is 6.07 Å². The molecule has 7 heteroatoms. The van der Waals surface area contributed by atoms with Gasteiger partial charge in [0, 0.05) is 17.5 Å². The number of pyridine rings is 1. The lowest BCUT2D eigenvalue weighted by atomic mass is 9.92. The number of methoxy groups -OCH3 is 1. The Bertz CT molecular complexity index is 1390. The highest BCUT2D eigenvalue weighted by molar-refractivity contribution is 7.21. The van der Waals surface area contributed by atoms with Gasteiger partial charge in [0.05, 0.1) is 12.8 Å². The van der Waals surface area contributed by atoms with Crippen molar-refractivity contribution in [3.05, 3.63) is 83.3 Å². The predicted molar refractivity (Wildman–Crippen MR) is 130 cm³/mol. The average molecular weight is 474 g/mol. The zero-order chi connectivity index (χ0) is 23.3. The molecule has 0 bridgehead atoms. The molecule has 2 saturated carbocycles. The fourth-order valence-electron chi connectivity index (χ4n) is 4.66.